The van der Waals surface area contributed by atoms with Crippen molar-refractivity contribution < 1.29 is 19.8 Å². The average Bonchev–Trinajstić information content (AvgIpc) is 2.71. The number of aryl methyl sites for hydroxylation is 1. The molecule has 1 unspecified atom stereocenters. The van der Waals surface area contributed by atoms with Crippen molar-refractivity contribution in [1.82, 2.24) is 14.9 Å². The minimum absolute atomic E-state index is 0.121. The summed E-state index contributed by atoms with van der Waals surface area (Å²) in [6, 6.07) is -0.852. The fraction of sp³-hybridized carbons (Fsp3) is 0.583. The molecule has 0 saturated carbocycles. The van der Waals surface area contributed by atoms with Gasteiger partial charge in [0.25, 0.3) is 0 Å². The van der Waals surface area contributed by atoms with Gasteiger partial charge in [0.15, 0.2) is 0 Å². The van der Waals surface area contributed by atoms with Crippen LogP contribution in [0, 0.1) is 0 Å². The van der Waals surface area contributed by atoms with Gasteiger partial charge in [-0.1, -0.05) is 0 Å². The number of nitrogens with two attached hydrogens (primary N) is 1. The fourth-order valence-electron chi connectivity index (χ4n) is 1.91. The summed E-state index contributed by atoms with van der Waals surface area (Å²) >= 11 is 0. The Morgan fingerprint density at radius 1 is 1.50 bits per heavy atom. The van der Waals surface area contributed by atoms with Gasteiger partial charge in [0.2, 0.25) is 0 Å². The van der Waals surface area contributed by atoms with Gasteiger partial charge >= 0.3 is 12.1 Å². The quantitative estimate of drug-likeness (QED) is 0.550. The van der Waals surface area contributed by atoms with Gasteiger partial charge in [0.1, 0.15) is 11.9 Å². The SMILES string of the molecule is CNC(CCc1nc(C[C@@H](C)N)cn1C(=O)O)C(=O)O. The highest BCUT2D eigenvalue weighted by molar-refractivity contribution is 5.73. The summed E-state index contributed by atoms with van der Waals surface area (Å²) in [6.45, 7) is 1.81. The maximum atomic E-state index is 11.1. The van der Waals surface area contributed by atoms with Crippen molar-refractivity contribution in [1.29, 1.82) is 0 Å². The van der Waals surface area contributed by atoms with Crippen molar-refractivity contribution in [2.45, 2.75) is 38.3 Å². The number of imidazole rings is 1. The summed E-state index contributed by atoms with van der Waals surface area (Å²) in [6.07, 6.45) is 1.27. The van der Waals surface area contributed by atoms with Gasteiger partial charge in [-0.05, 0) is 20.4 Å². The monoisotopic (exact) mass is 284 g/mol. The van der Waals surface area contributed by atoms with E-state index in [1.807, 2.05) is 0 Å². The van der Waals surface area contributed by atoms with E-state index in [0.717, 1.165) is 4.57 Å². The van der Waals surface area contributed by atoms with Gasteiger partial charge in [-0.25, -0.2) is 14.3 Å². The van der Waals surface area contributed by atoms with E-state index in [2.05, 4.69) is 10.3 Å². The van der Waals surface area contributed by atoms with Crippen molar-refractivity contribution in [3.05, 3.63) is 17.7 Å². The van der Waals surface area contributed by atoms with E-state index in [0.29, 0.717) is 17.9 Å². The third kappa shape index (κ3) is 4.32. The van der Waals surface area contributed by atoms with E-state index >= 15 is 0 Å². The van der Waals surface area contributed by atoms with Crippen LogP contribution in [0.5, 0.6) is 0 Å². The van der Waals surface area contributed by atoms with E-state index in [1.165, 1.54) is 6.20 Å². The highest BCUT2D eigenvalue weighted by Gasteiger charge is 2.19. The molecule has 0 aliphatic rings. The Morgan fingerprint density at radius 3 is 2.60 bits per heavy atom. The zero-order chi connectivity index (χ0) is 15.3. The molecule has 0 aromatic carbocycles. The Bertz CT molecular complexity index is 484. The van der Waals surface area contributed by atoms with E-state index < -0.39 is 18.1 Å². The normalized spacial score (nSPS) is 13.9. The first-order chi connectivity index (χ1) is 9.35. The van der Waals surface area contributed by atoms with Crippen LogP contribution in [0.2, 0.25) is 0 Å². The van der Waals surface area contributed by atoms with Crippen LogP contribution in [0.3, 0.4) is 0 Å². The molecule has 1 aromatic rings. The van der Waals surface area contributed by atoms with Crippen LogP contribution < -0.4 is 11.1 Å². The van der Waals surface area contributed by atoms with Gasteiger partial charge < -0.3 is 21.3 Å². The van der Waals surface area contributed by atoms with E-state index in [1.54, 1.807) is 14.0 Å². The third-order valence-corrected chi connectivity index (χ3v) is 2.87. The lowest BCUT2D eigenvalue weighted by molar-refractivity contribution is -0.139. The molecule has 8 heteroatoms. The molecule has 0 amide bonds. The number of carbonyl (C=O) groups is 2. The number of hydrogen-bond acceptors (Lipinski definition) is 5. The number of nitrogens with one attached hydrogen (secondary N) is 1. The summed E-state index contributed by atoms with van der Waals surface area (Å²) in [4.78, 5) is 26.2. The van der Waals surface area contributed by atoms with Crippen molar-refractivity contribution in [3.8, 4) is 0 Å². The molecule has 0 spiro atoms. The number of nitrogens with zero attached hydrogens (tertiary/aromatic N) is 2. The number of carboxylic acid groups (broad SMARTS) is 2. The summed E-state index contributed by atoms with van der Waals surface area (Å²) < 4.78 is 1.02. The Labute approximate surface area is 116 Å². The smallest absolute Gasteiger partial charge is 0.417 e. The second kappa shape index (κ2) is 7.01. The lowest BCUT2D eigenvalue weighted by Gasteiger charge is -2.10. The molecule has 8 nitrogen and oxygen atoms in total. The molecule has 0 radical (unpaired) electrons. The first kappa shape index (κ1) is 16.1. The molecule has 112 valence electrons. The molecular formula is C12H20N4O4. The highest BCUT2D eigenvalue weighted by atomic mass is 16.4. The summed E-state index contributed by atoms with van der Waals surface area (Å²) in [5, 5.41) is 20.7. The fourth-order valence-corrected chi connectivity index (χ4v) is 1.91. The lowest BCUT2D eigenvalue weighted by atomic mass is 10.1. The maximum Gasteiger partial charge on any atom is 0.417 e. The first-order valence-electron chi connectivity index (χ1n) is 6.31. The van der Waals surface area contributed by atoms with Crippen molar-refractivity contribution in [2.24, 2.45) is 5.73 Å². The number of aliphatic carboxylic acids is 1. The molecule has 0 fully saturated rings. The van der Waals surface area contributed by atoms with Gasteiger partial charge in [0, 0.05) is 25.1 Å². The van der Waals surface area contributed by atoms with Crippen LogP contribution in [0.15, 0.2) is 6.20 Å². The van der Waals surface area contributed by atoms with Crippen LogP contribution in [-0.2, 0) is 17.6 Å². The van der Waals surface area contributed by atoms with E-state index in [-0.39, 0.29) is 18.9 Å². The third-order valence-electron chi connectivity index (χ3n) is 2.87. The number of hydrogen-bond donors (Lipinski definition) is 4. The first-order valence-corrected chi connectivity index (χ1v) is 6.31. The topological polar surface area (TPSA) is 130 Å². The zero-order valence-electron chi connectivity index (χ0n) is 11.5. The van der Waals surface area contributed by atoms with Crippen LogP contribution >= 0.6 is 0 Å². The molecule has 0 bridgehead atoms. The molecule has 5 N–H and O–H groups in total. The maximum absolute atomic E-state index is 11.1. The number of likely N-dealkylation sites (N-methyl/N-ethyl adjacent to an activating group) is 1. The molecule has 0 saturated heterocycles. The number of carboxylic acids is 1. The molecular weight excluding hydrogens is 264 g/mol. The van der Waals surface area contributed by atoms with Crippen molar-refractivity contribution in [3.63, 3.8) is 0 Å². The Kier molecular flexibility index (Phi) is 5.66. The van der Waals surface area contributed by atoms with Gasteiger partial charge in [-0.2, -0.15) is 0 Å². The molecule has 2 atom stereocenters. The largest absolute Gasteiger partial charge is 0.480 e. The Balaban J connectivity index is 2.84. The molecule has 1 rings (SSSR count). The molecule has 1 aromatic heterocycles. The highest BCUT2D eigenvalue weighted by Crippen LogP contribution is 2.09. The average molecular weight is 284 g/mol. The van der Waals surface area contributed by atoms with Gasteiger partial charge in [-0.15, -0.1) is 0 Å². The number of rotatable bonds is 7. The second-order valence-corrected chi connectivity index (χ2v) is 4.70. The summed E-state index contributed by atoms with van der Waals surface area (Å²) in [5.41, 5.74) is 6.25. The Morgan fingerprint density at radius 2 is 2.15 bits per heavy atom. The zero-order valence-corrected chi connectivity index (χ0v) is 11.5. The molecule has 1 heterocycles. The summed E-state index contributed by atoms with van der Waals surface area (Å²) in [7, 11) is 1.55. The Hall–Kier alpha value is -1.93. The molecule has 0 aliphatic heterocycles. The van der Waals surface area contributed by atoms with Crippen molar-refractivity contribution in [2.75, 3.05) is 7.05 Å². The van der Waals surface area contributed by atoms with Crippen molar-refractivity contribution >= 4 is 12.1 Å². The standard InChI is InChI=1S/C12H20N4O4/c1-7(13)5-8-6-16(12(19)20)10(15-8)4-3-9(14-2)11(17)18/h6-7,9,14H,3-5,13H2,1-2H3,(H,17,18)(H,19,20)/t7-,9?/m1/s1. The van der Waals surface area contributed by atoms with E-state index in [4.69, 9.17) is 15.9 Å². The molecule has 20 heavy (non-hydrogen) atoms. The molecule has 0 aliphatic carbocycles. The van der Waals surface area contributed by atoms with Crippen LogP contribution in [0.4, 0.5) is 4.79 Å². The number of aromatic nitrogens is 2. The summed E-state index contributed by atoms with van der Waals surface area (Å²) in [5.74, 6) is -0.647. The predicted octanol–water partition coefficient (Wildman–Crippen LogP) is -0.0959. The van der Waals surface area contributed by atoms with E-state index in [9.17, 15) is 9.59 Å². The van der Waals surface area contributed by atoms with Crippen LogP contribution in [-0.4, -0.2) is 51.0 Å². The van der Waals surface area contributed by atoms with Crippen LogP contribution in [0.1, 0.15) is 24.9 Å². The second-order valence-electron chi connectivity index (χ2n) is 4.70. The van der Waals surface area contributed by atoms with Gasteiger partial charge in [0.05, 0.1) is 5.69 Å². The minimum atomic E-state index is -1.14. The van der Waals surface area contributed by atoms with Gasteiger partial charge in [-0.3, -0.25) is 4.79 Å². The predicted molar refractivity (Wildman–Crippen MR) is 71.8 cm³/mol. The lowest BCUT2D eigenvalue weighted by Crippen LogP contribution is -2.34. The minimum Gasteiger partial charge on any atom is -0.480 e. The van der Waals surface area contributed by atoms with Crippen LogP contribution in [0.25, 0.3) is 0 Å².